The maximum absolute atomic E-state index is 12.9. The molecule has 0 bridgehead atoms. The molecule has 1 aromatic carbocycles. The van der Waals surface area contributed by atoms with Crippen molar-refractivity contribution in [2.75, 3.05) is 39.3 Å². The summed E-state index contributed by atoms with van der Waals surface area (Å²) in [5.74, 6) is -0.0294. The number of carbonyl (C=O) groups is 1. The molecule has 0 radical (unpaired) electrons. The van der Waals surface area contributed by atoms with Crippen LogP contribution in [0.25, 0.3) is 0 Å². The van der Waals surface area contributed by atoms with Crippen LogP contribution < -0.4 is 16.0 Å². The molecule has 1 atom stereocenters. The van der Waals surface area contributed by atoms with Crippen molar-refractivity contribution in [2.24, 2.45) is 4.99 Å². The van der Waals surface area contributed by atoms with E-state index in [1.807, 2.05) is 6.92 Å². The molecule has 1 unspecified atom stereocenters. The van der Waals surface area contributed by atoms with E-state index in [2.05, 4.69) is 20.9 Å². The molecule has 1 amide bonds. The molecule has 11 heteroatoms. The van der Waals surface area contributed by atoms with E-state index in [4.69, 9.17) is 0 Å². The van der Waals surface area contributed by atoms with Gasteiger partial charge in [-0.2, -0.15) is 13.2 Å². The van der Waals surface area contributed by atoms with Crippen molar-refractivity contribution in [1.82, 2.24) is 20.9 Å². The van der Waals surface area contributed by atoms with Crippen LogP contribution in [0.4, 0.5) is 17.6 Å². The lowest BCUT2D eigenvalue weighted by Gasteiger charge is -2.19. The van der Waals surface area contributed by atoms with E-state index in [9.17, 15) is 22.4 Å². The molecule has 2 rings (SSSR count). The number of guanidine groups is 1. The predicted molar refractivity (Wildman–Crippen MR) is 119 cm³/mol. The Kier molecular flexibility index (Phi) is 11.4. The Morgan fingerprint density at radius 2 is 1.93 bits per heavy atom. The highest BCUT2D eigenvalue weighted by molar-refractivity contribution is 14.0. The molecule has 3 N–H and O–H groups in total. The van der Waals surface area contributed by atoms with E-state index in [1.165, 1.54) is 17.0 Å². The summed E-state index contributed by atoms with van der Waals surface area (Å²) in [5, 5.41) is 8.94. The second-order valence-electron chi connectivity index (χ2n) is 6.89. The minimum atomic E-state index is -4.19. The van der Waals surface area contributed by atoms with Gasteiger partial charge < -0.3 is 16.0 Å². The second kappa shape index (κ2) is 12.9. The number of halogens is 5. The summed E-state index contributed by atoms with van der Waals surface area (Å²) in [6, 6.07) is 5.62. The summed E-state index contributed by atoms with van der Waals surface area (Å²) in [6.07, 6.45) is -3.44. The number of aliphatic imine (C=N–C) groups is 1. The van der Waals surface area contributed by atoms with Gasteiger partial charge in [0.2, 0.25) is 5.91 Å². The molecule has 0 saturated carbocycles. The number of nitrogens with one attached hydrogen (secondary N) is 3. The summed E-state index contributed by atoms with van der Waals surface area (Å²) >= 11 is 0. The number of amides is 1. The molecule has 0 spiro atoms. The van der Waals surface area contributed by atoms with E-state index in [0.717, 1.165) is 0 Å². The van der Waals surface area contributed by atoms with Gasteiger partial charge in [0.25, 0.3) is 0 Å². The number of nitrogens with zero attached hydrogens (tertiary/aromatic N) is 2. The SMILES string of the molecule is CCNC(=NCCNC(=O)Cc1ccc(F)cc1)NC1CCN(CC(F)(F)F)C1.I. The fourth-order valence-corrected chi connectivity index (χ4v) is 3.07. The van der Waals surface area contributed by atoms with Gasteiger partial charge in [-0.15, -0.1) is 24.0 Å². The maximum atomic E-state index is 12.9. The molecular weight excluding hydrogens is 517 g/mol. The molecule has 0 aliphatic carbocycles. The van der Waals surface area contributed by atoms with Gasteiger partial charge in [-0.05, 0) is 31.0 Å². The smallest absolute Gasteiger partial charge is 0.357 e. The minimum Gasteiger partial charge on any atom is -0.357 e. The van der Waals surface area contributed by atoms with Crippen LogP contribution in [0.3, 0.4) is 0 Å². The average Bonchev–Trinajstić information content (AvgIpc) is 3.05. The minimum absolute atomic E-state index is 0. The van der Waals surface area contributed by atoms with Crippen LogP contribution in [0.15, 0.2) is 29.3 Å². The molecule has 1 fully saturated rings. The van der Waals surface area contributed by atoms with E-state index in [0.29, 0.717) is 50.7 Å². The first-order chi connectivity index (χ1) is 13.7. The lowest BCUT2D eigenvalue weighted by atomic mass is 10.1. The molecule has 0 aromatic heterocycles. The Morgan fingerprint density at radius 1 is 1.23 bits per heavy atom. The number of hydrogen-bond acceptors (Lipinski definition) is 3. The van der Waals surface area contributed by atoms with Crippen LogP contribution in [0, 0.1) is 5.82 Å². The third-order valence-electron chi connectivity index (χ3n) is 4.34. The Labute approximate surface area is 190 Å². The zero-order chi connectivity index (χ0) is 21.3. The second-order valence-corrected chi connectivity index (χ2v) is 6.89. The van der Waals surface area contributed by atoms with Crippen LogP contribution in [-0.2, 0) is 11.2 Å². The van der Waals surface area contributed by atoms with Gasteiger partial charge in [-0.25, -0.2) is 4.39 Å². The molecule has 1 heterocycles. The lowest BCUT2D eigenvalue weighted by Crippen LogP contribution is -2.45. The number of carbonyl (C=O) groups excluding carboxylic acids is 1. The van der Waals surface area contributed by atoms with Crippen molar-refractivity contribution in [2.45, 2.75) is 32.0 Å². The first-order valence-electron chi connectivity index (χ1n) is 9.60. The summed E-state index contributed by atoms with van der Waals surface area (Å²) in [4.78, 5) is 17.6. The summed E-state index contributed by atoms with van der Waals surface area (Å²) in [5.41, 5.74) is 0.715. The quantitative estimate of drug-likeness (QED) is 0.154. The number of hydrogen-bond donors (Lipinski definition) is 3. The van der Waals surface area contributed by atoms with Crippen LogP contribution in [0.2, 0.25) is 0 Å². The largest absolute Gasteiger partial charge is 0.401 e. The number of alkyl halides is 3. The Bertz CT molecular complexity index is 684. The molecular formula is C19H28F4IN5O. The van der Waals surface area contributed by atoms with E-state index >= 15 is 0 Å². The zero-order valence-electron chi connectivity index (χ0n) is 16.8. The van der Waals surface area contributed by atoms with Gasteiger partial charge in [0.1, 0.15) is 5.82 Å². The van der Waals surface area contributed by atoms with Gasteiger partial charge in [0.05, 0.1) is 19.5 Å². The molecule has 6 nitrogen and oxygen atoms in total. The fraction of sp³-hybridized carbons (Fsp3) is 0.579. The van der Waals surface area contributed by atoms with Gasteiger partial charge in [0, 0.05) is 32.2 Å². The molecule has 1 aliphatic heterocycles. The molecule has 1 aromatic rings. The van der Waals surface area contributed by atoms with Crippen molar-refractivity contribution >= 4 is 35.8 Å². The van der Waals surface area contributed by atoms with Gasteiger partial charge in [-0.1, -0.05) is 12.1 Å². The topological polar surface area (TPSA) is 68.8 Å². The molecule has 170 valence electrons. The zero-order valence-corrected chi connectivity index (χ0v) is 19.1. The van der Waals surface area contributed by atoms with Crippen molar-refractivity contribution in [3.8, 4) is 0 Å². The van der Waals surface area contributed by atoms with Gasteiger partial charge >= 0.3 is 6.18 Å². The highest BCUT2D eigenvalue weighted by Gasteiger charge is 2.34. The highest BCUT2D eigenvalue weighted by Crippen LogP contribution is 2.19. The monoisotopic (exact) mass is 545 g/mol. The van der Waals surface area contributed by atoms with E-state index in [-0.39, 0.29) is 48.2 Å². The van der Waals surface area contributed by atoms with Crippen molar-refractivity contribution < 1.29 is 22.4 Å². The van der Waals surface area contributed by atoms with Crippen LogP contribution in [-0.4, -0.2) is 68.3 Å². The first kappa shape index (κ1) is 26.4. The maximum Gasteiger partial charge on any atom is 0.401 e. The molecule has 1 saturated heterocycles. The fourth-order valence-electron chi connectivity index (χ4n) is 3.07. The highest BCUT2D eigenvalue weighted by atomic mass is 127. The van der Waals surface area contributed by atoms with E-state index < -0.39 is 12.7 Å². The third kappa shape index (κ3) is 10.4. The third-order valence-corrected chi connectivity index (χ3v) is 4.34. The van der Waals surface area contributed by atoms with Crippen molar-refractivity contribution in [3.05, 3.63) is 35.6 Å². The number of likely N-dealkylation sites (tertiary alicyclic amines) is 1. The summed E-state index contributed by atoms with van der Waals surface area (Å²) < 4.78 is 50.4. The Morgan fingerprint density at radius 3 is 2.57 bits per heavy atom. The normalized spacial score (nSPS) is 17.4. The Hall–Kier alpha value is -1.63. The van der Waals surface area contributed by atoms with Crippen molar-refractivity contribution in [3.63, 3.8) is 0 Å². The predicted octanol–water partition coefficient (Wildman–Crippen LogP) is 2.29. The van der Waals surface area contributed by atoms with Gasteiger partial charge in [0.15, 0.2) is 5.96 Å². The molecule has 30 heavy (non-hydrogen) atoms. The van der Waals surface area contributed by atoms with E-state index in [1.54, 1.807) is 12.1 Å². The molecule has 1 aliphatic rings. The van der Waals surface area contributed by atoms with Crippen LogP contribution >= 0.6 is 24.0 Å². The first-order valence-corrected chi connectivity index (χ1v) is 9.60. The lowest BCUT2D eigenvalue weighted by molar-refractivity contribution is -0.143. The Balaban J connectivity index is 0.00000450. The summed E-state index contributed by atoms with van der Waals surface area (Å²) in [6.45, 7) is 2.94. The number of benzene rings is 1. The number of rotatable bonds is 8. The van der Waals surface area contributed by atoms with Crippen molar-refractivity contribution in [1.29, 1.82) is 0 Å². The standard InChI is InChI=1S/C19H27F4N5O.HI/c1-2-24-18(27-16-7-10-28(12-16)13-19(21,22)23)26-9-8-25-17(29)11-14-3-5-15(20)6-4-14;/h3-6,16H,2,7-13H2,1H3,(H,25,29)(H2,24,26,27);1H. The summed E-state index contributed by atoms with van der Waals surface area (Å²) in [7, 11) is 0. The van der Waals surface area contributed by atoms with Gasteiger partial charge in [-0.3, -0.25) is 14.7 Å². The van der Waals surface area contributed by atoms with Crippen LogP contribution in [0.5, 0.6) is 0 Å². The average molecular weight is 545 g/mol. The van der Waals surface area contributed by atoms with Crippen LogP contribution in [0.1, 0.15) is 18.9 Å².